The Morgan fingerprint density at radius 3 is 2.59 bits per heavy atom. The van der Waals surface area contributed by atoms with Crippen molar-refractivity contribution in [3.05, 3.63) is 28.8 Å². The molecule has 0 unspecified atom stereocenters. The molecule has 1 aliphatic heterocycles. The fourth-order valence-electron chi connectivity index (χ4n) is 2.88. The monoisotopic (exact) mass is 324 g/mol. The summed E-state index contributed by atoms with van der Waals surface area (Å²) >= 11 is 6.07. The number of rotatable bonds is 4. The Bertz CT molecular complexity index is 569. The van der Waals surface area contributed by atoms with E-state index in [0.29, 0.717) is 5.02 Å². The van der Waals surface area contributed by atoms with Crippen molar-refractivity contribution in [1.29, 1.82) is 0 Å². The minimum atomic E-state index is -0.231. The van der Waals surface area contributed by atoms with E-state index in [1.807, 2.05) is 26.0 Å². The molecule has 2 rings (SSSR count). The molecule has 22 heavy (non-hydrogen) atoms. The maximum atomic E-state index is 12.4. The molecule has 1 aromatic carbocycles. The molecule has 4 N–H and O–H groups in total. The normalized spacial score (nSPS) is 22.9. The van der Waals surface area contributed by atoms with E-state index in [2.05, 4.69) is 5.32 Å². The van der Waals surface area contributed by atoms with E-state index in [-0.39, 0.29) is 23.8 Å². The molecule has 0 spiro atoms. The lowest BCUT2D eigenvalue weighted by Crippen LogP contribution is -3.17. The lowest BCUT2D eigenvalue weighted by molar-refractivity contribution is -0.919. The van der Waals surface area contributed by atoms with E-state index in [9.17, 15) is 9.59 Å². The van der Waals surface area contributed by atoms with Crippen molar-refractivity contribution in [2.75, 3.05) is 18.4 Å². The number of anilines is 1. The number of nitrogens with one attached hydrogen (secondary N) is 2. The summed E-state index contributed by atoms with van der Waals surface area (Å²) in [6, 6.07) is 5.30. The highest BCUT2D eigenvalue weighted by Gasteiger charge is 2.32. The van der Waals surface area contributed by atoms with Gasteiger partial charge in [-0.2, -0.15) is 0 Å². The third-order valence-corrected chi connectivity index (χ3v) is 4.97. The van der Waals surface area contributed by atoms with Gasteiger partial charge < -0.3 is 16.0 Å². The molecule has 1 heterocycles. The van der Waals surface area contributed by atoms with Crippen molar-refractivity contribution >= 4 is 29.1 Å². The molecule has 0 aliphatic carbocycles. The average molecular weight is 325 g/mol. The summed E-state index contributed by atoms with van der Waals surface area (Å²) in [5, 5.41) is 3.59. The van der Waals surface area contributed by atoms with Crippen molar-refractivity contribution in [2.24, 2.45) is 11.7 Å². The van der Waals surface area contributed by atoms with E-state index >= 15 is 0 Å². The van der Waals surface area contributed by atoms with E-state index in [4.69, 9.17) is 17.3 Å². The number of benzene rings is 1. The van der Waals surface area contributed by atoms with Gasteiger partial charge in [0.05, 0.1) is 13.1 Å². The number of halogens is 1. The number of amides is 2. The van der Waals surface area contributed by atoms with Crippen molar-refractivity contribution in [1.82, 2.24) is 0 Å². The van der Waals surface area contributed by atoms with E-state index in [1.165, 1.54) is 4.90 Å². The molecular formula is C16H23ClN3O2+. The summed E-state index contributed by atoms with van der Waals surface area (Å²) in [7, 11) is 0. The lowest BCUT2D eigenvalue weighted by atomic mass is 9.95. The summed E-state index contributed by atoms with van der Waals surface area (Å²) in [4.78, 5) is 24.8. The highest BCUT2D eigenvalue weighted by atomic mass is 35.5. The third kappa shape index (κ3) is 3.78. The van der Waals surface area contributed by atoms with Crippen LogP contribution in [0.2, 0.25) is 5.02 Å². The van der Waals surface area contributed by atoms with Gasteiger partial charge >= 0.3 is 0 Å². The van der Waals surface area contributed by atoms with Gasteiger partial charge in [0.15, 0.2) is 6.04 Å². The molecule has 0 bridgehead atoms. The van der Waals surface area contributed by atoms with Crippen LogP contribution in [0.1, 0.15) is 25.3 Å². The van der Waals surface area contributed by atoms with E-state index < -0.39 is 0 Å². The topological polar surface area (TPSA) is 76.6 Å². The van der Waals surface area contributed by atoms with Crippen LogP contribution in [0, 0.1) is 12.8 Å². The average Bonchev–Trinajstić information content (AvgIpc) is 2.51. The molecule has 1 aliphatic rings. The zero-order valence-electron chi connectivity index (χ0n) is 13.0. The predicted octanol–water partition coefficient (Wildman–Crippen LogP) is 0.756. The number of carbonyl (C=O) groups is 2. The number of likely N-dealkylation sites (tertiary alicyclic amines) is 1. The first-order chi connectivity index (χ1) is 10.4. The third-order valence-electron chi connectivity index (χ3n) is 4.56. The molecule has 120 valence electrons. The molecule has 1 atom stereocenters. The van der Waals surface area contributed by atoms with Crippen LogP contribution >= 0.6 is 11.6 Å². The van der Waals surface area contributed by atoms with Crippen LogP contribution < -0.4 is 16.0 Å². The fraction of sp³-hybridized carbons (Fsp3) is 0.500. The molecule has 0 saturated carbocycles. The number of piperidine rings is 1. The lowest BCUT2D eigenvalue weighted by Gasteiger charge is -2.31. The van der Waals surface area contributed by atoms with Gasteiger partial charge in [-0.15, -0.1) is 0 Å². The van der Waals surface area contributed by atoms with E-state index in [0.717, 1.165) is 37.2 Å². The Labute approximate surface area is 135 Å². The minimum absolute atomic E-state index is 0.0297. The molecule has 0 radical (unpaired) electrons. The second-order valence-electron chi connectivity index (χ2n) is 5.96. The summed E-state index contributed by atoms with van der Waals surface area (Å²) < 4.78 is 0. The number of nitrogens with two attached hydrogens (primary N) is 1. The zero-order chi connectivity index (χ0) is 16.3. The first kappa shape index (κ1) is 16.8. The molecule has 6 heteroatoms. The van der Waals surface area contributed by atoms with Gasteiger partial charge in [0, 0.05) is 29.5 Å². The summed E-state index contributed by atoms with van der Waals surface area (Å²) in [6.45, 7) is 5.37. The zero-order valence-corrected chi connectivity index (χ0v) is 13.7. The fourth-order valence-corrected chi connectivity index (χ4v) is 3.05. The Morgan fingerprint density at radius 2 is 2.00 bits per heavy atom. The molecule has 1 fully saturated rings. The first-order valence-electron chi connectivity index (χ1n) is 7.60. The maximum absolute atomic E-state index is 12.4. The van der Waals surface area contributed by atoms with Gasteiger partial charge in [-0.1, -0.05) is 17.7 Å². The van der Waals surface area contributed by atoms with Crippen LogP contribution in [0.5, 0.6) is 0 Å². The van der Waals surface area contributed by atoms with Crippen molar-refractivity contribution in [3.63, 3.8) is 0 Å². The Balaban J connectivity index is 1.95. The van der Waals surface area contributed by atoms with Gasteiger partial charge in [-0.05, 0) is 31.5 Å². The number of primary amides is 1. The van der Waals surface area contributed by atoms with Crippen molar-refractivity contribution in [2.45, 2.75) is 32.7 Å². The Kier molecular flexibility index (Phi) is 5.42. The number of hydrogen-bond acceptors (Lipinski definition) is 2. The van der Waals surface area contributed by atoms with Crippen LogP contribution in [0.3, 0.4) is 0 Å². The van der Waals surface area contributed by atoms with E-state index in [1.54, 1.807) is 6.07 Å². The quantitative estimate of drug-likeness (QED) is 0.764. The summed E-state index contributed by atoms with van der Waals surface area (Å²) in [5.74, 6) is -0.308. The Hall–Kier alpha value is -1.59. The van der Waals surface area contributed by atoms with Gasteiger partial charge in [-0.3, -0.25) is 9.59 Å². The van der Waals surface area contributed by atoms with Gasteiger partial charge in [0.1, 0.15) is 0 Å². The molecule has 1 saturated heterocycles. The van der Waals surface area contributed by atoms with Crippen LogP contribution in [0.4, 0.5) is 5.69 Å². The second kappa shape index (κ2) is 7.11. The minimum Gasteiger partial charge on any atom is -0.369 e. The van der Waals surface area contributed by atoms with Gasteiger partial charge in [0.25, 0.3) is 5.91 Å². The van der Waals surface area contributed by atoms with Gasteiger partial charge in [0.2, 0.25) is 5.91 Å². The van der Waals surface area contributed by atoms with Gasteiger partial charge in [-0.25, -0.2) is 0 Å². The first-order valence-corrected chi connectivity index (χ1v) is 7.97. The van der Waals surface area contributed by atoms with Crippen LogP contribution in [-0.2, 0) is 9.59 Å². The number of quaternary nitrogens is 1. The van der Waals surface area contributed by atoms with Crippen LogP contribution in [0.15, 0.2) is 18.2 Å². The largest absolute Gasteiger partial charge is 0.369 e. The van der Waals surface area contributed by atoms with Crippen molar-refractivity contribution < 1.29 is 14.5 Å². The van der Waals surface area contributed by atoms with Crippen LogP contribution in [-0.4, -0.2) is 30.9 Å². The SMILES string of the molecule is Cc1c(Cl)cccc1NC(=O)[C@H](C)[NH+]1CCC(C(N)=O)CC1. The molecule has 5 nitrogen and oxygen atoms in total. The van der Waals surface area contributed by atoms with Crippen molar-refractivity contribution in [3.8, 4) is 0 Å². The second-order valence-corrected chi connectivity index (χ2v) is 6.37. The number of carbonyl (C=O) groups excluding carboxylic acids is 2. The summed E-state index contributed by atoms with van der Waals surface area (Å²) in [6.07, 6.45) is 1.50. The molecule has 2 amide bonds. The predicted molar refractivity (Wildman–Crippen MR) is 86.9 cm³/mol. The summed E-state index contributed by atoms with van der Waals surface area (Å²) in [5.41, 5.74) is 6.96. The molecular weight excluding hydrogens is 302 g/mol. The smallest absolute Gasteiger partial charge is 0.282 e. The number of hydrogen-bond donors (Lipinski definition) is 3. The highest BCUT2D eigenvalue weighted by molar-refractivity contribution is 6.31. The highest BCUT2D eigenvalue weighted by Crippen LogP contribution is 2.22. The Morgan fingerprint density at radius 1 is 1.36 bits per heavy atom. The molecule has 1 aromatic rings. The van der Waals surface area contributed by atoms with Crippen LogP contribution in [0.25, 0.3) is 0 Å². The maximum Gasteiger partial charge on any atom is 0.282 e. The standard InChI is InChI=1S/C16H22ClN3O2/c1-10-13(17)4-3-5-14(10)19-16(22)11(2)20-8-6-12(7-9-20)15(18)21/h3-5,11-12H,6-9H2,1-2H3,(H2,18,21)(H,19,22)/p+1/t11-/m0/s1. The molecule has 0 aromatic heterocycles.